The highest BCUT2D eigenvalue weighted by molar-refractivity contribution is 7.45. The molecule has 28 N–H and O–H groups in total. The summed E-state index contributed by atoms with van der Waals surface area (Å²) >= 11 is 20.8. The second-order valence-corrected chi connectivity index (χ2v) is 37.1. The van der Waals surface area contributed by atoms with Gasteiger partial charge in [0.1, 0.15) is 89.5 Å². The number of carbonyl (C=O) groups excluding carboxylic acids is 7. The van der Waals surface area contributed by atoms with Gasteiger partial charge in [-0.15, -0.1) is 0 Å². The first-order chi connectivity index (χ1) is 63.2. The lowest BCUT2D eigenvalue weighted by atomic mass is 9.84. The molecule has 44 nitrogen and oxygen atoms in total. The molecule has 0 spiro atoms. The molecular weight excluding hydrogens is 1890 g/mol. The van der Waals surface area contributed by atoms with Gasteiger partial charge in [0.25, 0.3) is 0 Å². The number of ether oxygens (including phenoxy) is 8. The van der Waals surface area contributed by atoms with E-state index < -0.39 is 277 Å². The minimum atomic E-state index is -4.64. The predicted octanol–water partition coefficient (Wildman–Crippen LogP) is 2.64. The third-order valence-corrected chi connectivity index (χ3v) is 23.8. The number of fused-ring (bicyclic) bond motifs is 15. The maximum atomic E-state index is 16.6. The van der Waals surface area contributed by atoms with Gasteiger partial charge in [-0.2, -0.15) is 0 Å². The van der Waals surface area contributed by atoms with E-state index in [1.807, 2.05) is 50.2 Å². The number of rotatable bonds is 19. The molecule has 49 heteroatoms. The van der Waals surface area contributed by atoms with Crippen LogP contribution in [-0.2, 0) is 77.7 Å². The Morgan fingerprint density at radius 3 is 1.73 bits per heavy atom. The number of nitrogens with one attached hydrogen (secondary N) is 8. The normalized spacial score (nSPS) is 28.4. The number of carbonyl (C=O) groups is 8. The monoisotopic (exact) mass is 1990 g/mol. The fourth-order valence-electron chi connectivity index (χ4n) is 16.2. The van der Waals surface area contributed by atoms with Gasteiger partial charge in [-0.25, -0.2) is 13.9 Å². The molecule has 135 heavy (non-hydrogen) atoms. The highest BCUT2D eigenvalue weighted by Gasteiger charge is 2.53. The highest BCUT2D eigenvalue weighted by atomic mass is 35.5. The second kappa shape index (κ2) is 43.5. The summed E-state index contributed by atoms with van der Waals surface area (Å²) in [5.74, 6) is -16.1. The first kappa shape index (κ1) is 105. The Kier molecular flexibility index (Phi) is 33.9. The van der Waals surface area contributed by atoms with Gasteiger partial charge >= 0.3 is 21.6 Å². The lowest BCUT2D eigenvalue weighted by Gasteiger charge is -2.48. The van der Waals surface area contributed by atoms with Crippen LogP contribution in [-0.4, -0.2) is 244 Å². The maximum Gasteiger partial charge on any atom is 0.466 e. The number of phenolic OH excluding ortho intramolecular Hbond substituents is 3. The fraction of sp³-hybridized carbons (Fsp3) is 0.419. The maximum absolute atomic E-state index is 16.6. The van der Waals surface area contributed by atoms with Crippen molar-refractivity contribution in [2.45, 2.75) is 207 Å². The van der Waals surface area contributed by atoms with Gasteiger partial charge in [-0.3, -0.25) is 33.6 Å². The van der Waals surface area contributed by atoms with Crippen LogP contribution in [0, 0.1) is 5.92 Å². The number of nitrogens with two attached hydrogens (primary N) is 2. The number of aliphatic hydroxyl groups is 6. The molecule has 0 aromatic heterocycles. The van der Waals surface area contributed by atoms with E-state index in [9.17, 15) is 65.4 Å². The first-order valence-corrected chi connectivity index (χ1v) is 45.9. The van der Waals surface area contributed by atoms with Crippen molar-refractivity contribution in [3.8, 4) is 68.2 Å². The standard InChI is InChI=1S/C86H97Cl3N10O26.2H3O4P/c1-35(2)22-51(92-7)77(110)98-67-69(105)42-15-20-55(49(88)24-42)120-57-26-44-27-58(73(57)125-84-74(71(107)70(106)59(34-100)122-84)124-62-32-86(6,76(109)37(4)119-62)93-33-38-8-10-39(11-9-38)40-12-17-45(87)18-13-40)121-56-21-16-43(25-50(56)89)72(123-61-31-85(5,91)75(108)36(3)118-61)68-82(115)97-66(83(116)117)48-28-46(101)29-54(103)63(48)47-23-41(14-19-53(47)102)64(79(112)99-68)96-80(113)65(44)95-78(111)52(30-60(90)104)94-81(67)114;2*1-5(2,3)4/h8-21,23-29,35-37,51-52,59,61-62,64-72,74-76,84,92-93,100-103,105-109H,22,30-34,91H2,1-7H3,(H2,90,104)(H,94,114)(H,95,111)(H,96,113)(H,97,115)(H,98,110)(H,99,112)(H,116,117);2*(H3,1,2,3,4)/t36-,37-,51+,52-,59+,61-,62-,64+,65+,66+,67+,68-,69+,70+,71-,72+,74+,75-,76-,84-,85-,86-;;/m0../s1. The van der Waals surface area contributed by atoms with E-state index in [0.717, 1.165) is 65.2 Å². The number of phenols is 3. The highest BCUT2D eigenvalue weighted by Crippen LogP contribution is 2.51. The lowest BCUT2D eigenvalue weighted by molar-refractivity contribution is -0.334. The number of carboxylic acids is 1. The number of likely N-dealkylation sites (N-methyl/N-ethyl adjacent to an activating group) is 1. The Bertz CT molecular complexity index is 5620. The molecule has 11 bridgehead atoms. The molecule has 0 radical (unpaired) electrons. The number of halogens is 3. The van der Waals surface area contributed by atoms with Crippen molar-refractivity contribution in [3.63, 3.8) is 0 Å². The van der Waals surface area contributed by atoms with Gasteiger partial charge in [0, 0.05) is 58.2 Å². The largest absolute Gasteiger partial charge is 0.508 e. The number of hydrogen-bond acceptors (Lipinski definition) is 30. The van der Waals surface area contributed by atoms with Crippen LogP contribution in [0.2, 0.25) is 15.1 Å². The summed E-state index contributed by atoms with van der Waals surface area (Å²) in [6, 6.07) is 14.5. The minimum absolute atomic E-state index is 0.119. The van der Waals surface area contributed by atoms with E-state index in [1.165, 1.54) is 51.2 Å². The number of benzene rings is 7. The molecule has 22 atom stereocenters. The van der Waals surface area contributed by atoms with Crippen molar-refractivity contribution < 1.29 is 166 Å². The molecule has 8 aliphatic heterocycles. The van der Waals surface area contributed by atoms with Crippen LogP contribution < -0.4 is 68.2 Å². The fourth-order valence-corrected chi connectivity index (χ4v) is 16.7. The Morgan fingerprint density at radius 2 is 1.16 bits per heavy atom. The number of hydrogen-bond donors (Lipinski definition) is 26. The number of aliphatic hydroxyl groups excluding tert-OH is 6. The van der Waals surface area contributed by atoms with Crippen molar-refractivity contribution >= 4 is 97.8 Å². The van der Waals surface area contributed by atoms with Crippen LogP contribution in [0.1, 0.15) is 131 Å². The number of primary amides is 1. The summed E-state index contributed by atoms with van der Waals surface area (Å²) in [4.78, 5) is 164. The van der Waals surface area contributed by atoms with Crippen molar-refractivity contribution in [1.82, 2.24) is 42.5 Å². The summed E-state index contributed by atoms with van der Waals surface area (Å²) in [6.07, 6.45) is -23.0. The van der Waals surface area contributed by atoms with Crippen molar-refractivity contribution in [3.05, 3.63) is 176 Å². The van der Waals surface area contributed by atoms with Crippen molar-refractivity contribution in [2.24, 2.45) is 17.4 Å². The molecule has 7 aromatic rings. The third-order valence-electron chi connectivity index (χ3n) is 22.9. The first-order valence-electron chi connectivity index (χ1n) is 41.6. The number of phosphoric acid groups is 2. The molecule has 7 amide bonds. The Hall–Kier alpha value is -10.4. The van der Waals surface area contributed by atoms with Crippen LogP contribution in [0.4, 0.5) is 0 Å². The molecule has 3 fully saturated rings. The zero-order valence-corrected chi connectivity index (χ0v) is 76.7. The number of carboxylic acid groups (broad SMARTS) is 1. The molecule has 8 aliphatic rings. The molecular formula is C86H103Cl3N10O34P2. The van der Waals surface area contributed by atoms with E-state index in [-0.39, 0.29) is 59.2 Å². The minimum Gasteiger partial charge on any atom is -0.508 e. The molecule has 0 aliphatic carbocycles. The summed E-state index contributed by atoms with van der Waals surface area (Å²) in [6.45, 7) is 9.06. The summed E-state index contributed by atoms with van der Waals surface area (Å²) in [5, 5.41) is 138. The lowest BCUT2D eigenvalue weighted by Crippen LogP contribution is -2.65. The Morgan fingerprint density at radius 1 is 0.615 bits per heavy atom. The van der Waals surface area contributed by atoms with E-state index >= 15 is 24.0 Å². The van der Waals surface area contributed by atoms with Crippen molar-refractivity contribution in [1.29, 1.82) is 0 Å². The zero-order chi connectivity index (χ0) is 99.3. The summed E-state index contributed by atoms with van der Waals surface area (Å²) in [5.41, 5.74) is 9.60. The van der Waals surface area contributed by atoms with Gasteiger partial charge in [0.2, 0.25) is 53.4 Å². The summed E-state index contributed by atoms with van der Waals surface area (Å²) < 4.78 is 70.7. The van der Waals surface area contributed by atoms with E-state index in [4.69, 9.17) is 123 Å². The number of aliphatic carboxylic acids is 1. The van der Waals surface area contributed by atoms with Gasteiger partial charge in [0.05, 0.1) is 53.5 Å². The second-order valence-electron chi connectivity index (χ2n) is 33.7. The van der Waals surface area contributed by atoms with Gasteiger partial charge in [0.15, 0.2) is 36.2 Å². The molecule has 15 rings (SSSR count). The van der Waals surface area contributed by atoms with Crippen molar-refractivity contribution in [2.75, 3.05) is 13.7 Å². The predicted molar refractivity (Wildman–Crippen MR) is 474 cm³/mol. The van der Waals surface area contributed by atoms with Crippen LogP contribution in [0.15, 0.2) is 127 Å². The average Bonchev–Trinajstić information content (AvgIpc) is 0.759. The van der Waals surface area contributed by atoms with Gasteiger partial charge < -0.3 is 172 Å². The topological polar surface area (TPSA) is 717 Å². The van der Waals surface area contributed by atoms with E-state index in [2.05, 4.69) is 42.5 Å². The molecule has 732 valence electrons. The molecule has 0 saturated carbocycles. The van der Waals surface area contributed by atoms with E-state index in [0.29, 0.717) is 5.02 Å². The zero-order valence-electron chi connectivity index (χ0n) is 72.7. The molecule has 3 saturated heterocycles. The van der Waals surface area contributed by atoms with Crippen LogP contribution in [0.5, 0.6) is 46.0 Å². The SMILES string of the molecule is CN[C@H](CC(C)C)C(=O)N[C@H]1C(=O)N[C@@H](CC(N)=O)C(=O)N[C@H]2C(=O)N[C@H]3C(=O)N[C@H](C(=O)N[C@@H](C(=O)O)c4cc(O)cc(O)c4-c4cc3ccc4O)[C@H](O[C@H]3C[C@](C)(N)[C@@H](O)[C@H](C)O3)c3ccc(c(Cl)c3)Oc3cc2cc(c3O[C@@H]2O[C@H](CO)[C@@H](O)[C@H](O)[C@H]2O[C@H]2C[C@](C)(NCc3ccc(-c4ccc(Cl)cc4)cc3)[C@@H](O)[C@H](C)O2)Oc2ccc(cc2Cl)[C@H]1O.O=P(O)(O)O.O=P(O)(O)O. The average molecular weight is 1990 g/mol. The number of aromatic hydroxyl groups is 3. The van der Waals surface area contributed by atoms with Crippen LogP contribution >= 0.6 is 50.4 Å². The van der Waals surface area contributed by atoms with Crippen LogP contribution in [0.25, 0.3) is 22.3 Å². The molecule has 0 unspecified atom stereocenters. The van der Waals surface area contributed by atoms with Gasteiger partial charge in [-0.05, 0) is 153 Å². The Balaban J connectivity index is 0.00000166. The molecule has 7 aromatic carbocycles. The Labute approximate surface area is 784 Å². The molecule has 8 heterocycles. The smallest absolute Gasteiger partial charge is 0.466 e. The van der Waals surface area contributed by atoms with E-state index in [1.54, 1.807) is 26.0 Å². The number of amides is 7. The van der Waals surface area contributed by atoms with Crippen LogP contribution in [0.3, 0.4) is 0 Å². The third kappa shape index (κ3) is 26.1. The summed E-state index contributed by atoms with van der Waals surface area (Å²) in [7, 11) is -7.80. The quantitative estimate of drug-likeness (QED) is 0.0517. The van der Waals surface area contributed by atoms with Gasteiger partial charge in [-0.1, -0.05) is 103 Å².